The summed E-state index contributed by atoms with van der Waals surface area (Å²) in [6.45, 7) is 8.01. The second-order valence-corrected chi connectivity index (χ2v) is 12.5. The highest BCUT2D eigenvalue weighted by atomic mass is 16.7. The Bertz CT molecular complexity index is 1500. The van der Waals surface area contributed by atoms with Gasteiger partial charge in [0.1, 0.15) is 0 Å². The molecular weight excluding hydrogens is 626 g/mol. The van der Waals surface area contributed by atoms with E-state index < -0.39 is 61.0 Å². The number of hydroxylamine groups is 4. The molecule has 2 N–H and O–H groups in total. The van der Waals surface area contributed by atoms with Crippen molar-refractivity contribution in [3.63, 3.8) is 0 Å². The van der Waals surface area contributed by atoms with Gasteiger partial charge in [-0.2, -0.15) is 0 Å². The highest BCUT2D eigenvalue weighted by Gasteiger charge is 2.51. The van der Waals surface area contributed by atoms with Gasteiger partial charge in [0.05, 0.1) is 24.0 Å². The minimum Gasteiger partial charge on any atom is -0.423 e. The summed E-state index contributed by atoms with van der Waals surface area (Å²) in [6.07, 6.45) is 1.20. The largest absolute Gasteiger partial charge is 0.494 e. The van der Waals surface area contributed by atoms with Crippen LogP contribution in [0.2, 0.25) is 0 Å². The first-order chi connectivity index (χ1) is 22.6. The number of benzene rings is 2. The molecule has 0 radical (unpaired) electrons. The van der Waals surface area contributed by atoms with Gasteiger partial charge < -0.3 is 29.0 Å². The molecule has 48 heavy (non-hydrogen) atoms. The lowest BCUT2D eigenvalue weighted by Gasteiger charge is -2.32. The van der Waals surface area contributed by atoms with Gasteiger partial charge in [-0.3, -0.25) is 19.2 Å². The molecule has 2 aromatic carbocycles. The van der Waals surface area contributed by atoms with Gasteiger partial charge in [0, 0.05) is 25.7 Å². The molecule has 2 aromatic rings. The number of aryl methyl sites for hydroxylation is 2. The van der Waals surface area contributed by atoms with E-state index in [-0.39, 0.29) is 38.5 Å². The molecule has 254 valence electrons. The van der Waals surface area contributed by atoms with E-state index in [4.69, 9.17) is 29.0 Å². The first kappa shape index (κ1) is 36.5. The van der Waals surface area contributed by atoms with Gasteiger partial charge in [-0.25, -0.2) is 9.59 Å². The first-order valence-electron chi connectivity index (χ1n) is 15.6. The molecule has 0 saturated carbocycles. The van der Waals surface area contributed by atoms with Crippen molar-refractivity contribution in [2.75, 3.05) is 0 Å². The van der Waals surface area contributed by atoms with E-state index in [0.29, 0.717) is 28.4 Å². The molecule has 4 amide bonds. The summed E-state index contributed by atoms with van der Waals surface area (Å²) in [5.41, 5.74) is 2.21. The van der Waals surface area contributed by atoms with E-state index in [1.54, 1.807) is 24.3 Å². The van der Waals surface area contributed by atoms with Crippen molar-refractivity contribution in [3.8, 4) is 0 Å². The smallest absolute Gasteiger partial charge is 0.423 e. The Morgan fingerprint density at radius 2 is 1.04 bits per heavy atom. The molecule has 3 aliphatic rings. The molecule has 0 atom stereocenters. The maximum absolute atomic E-state index is 11.9. The molecule has 16 heteroatoms. The summed E-state index contributed by atoms with van der Waals surface area (Å²) in [5.74, 6) is -3.22. The molecule has 3 fully saturated rings. The summed E-state index contributed by atoms with van der Waals surface area (Å²) < 4.78 is 12.0. The van der Waals surface area contributed by atoms with Crippen molar-refractivity contribution in [1.82, 2.24) is 10.1 Å². The third-order valence-electron chi connectivity index (χ3n) is 8.42. The average Bonchev–Trinajstić information content (AvgIpc) is 3.61. The fraction of sp³-hybridized carbons (Fsp3) is 0.438. The van der Waals surface area contributed by atoms with Crippen LogP contribution in [-0.4, -0.2) is 81.2 Å². The van der Waals surface area contributed by atoms with E-state index in [1.165, 1.54) is 0 Å². The van der Waals surface area contributed by atoms with Crippen LogP contribution in [0.15, 0.2) is 48.5 Å². The first-order valence-corrected chi connectivity index (χ1v) is 15.6. The predicted octanol–water partition coefficient (Wildman–Crippen LogP) is 0.432. The molecule has 3 aliphatic heterocycles. The van der Waals surface area contributed by atoms with E-state index in [2.05, 4.69) is 0 Å². The van der Waals surface area contributed by atoms with Crippen LogP contribution in [0.5, 0.6) is 0 Å². The SMILES string of the molecule is CC1(C)OB(c2ccc(CCC(=O)ON3C(=O)CCC3=O)cc2)OC1(C)C.O=C(CCc1ccc(B(O)O)cc1)ON1C(=O)CCC1=O. The Hall–Kier alpha value is -4.37. The molecule has 0 spiro atoms. The number of nitrogens with zero attached hydrogens (tertiary/aromatic N) is 2. The van der Waals surface area contributed by atoms with Crippen LogP contribution in [0.4, 0.5) is 0 Å². The van der Waals surface area contributed by atoms with E-state index in [0.717, 1.165) is 16.6 Å². The Kier molecular flexibility index (Phi) is 11.6. The maximum Gasteiger partial charge on any atom is 0.494 e. The predicted molar refractivity (Wildman–Crippen MR) is 169 cm³/mol. The lowest BCUT2D eigenvalue weighted by molar-refractivity contribution is -0.197. The lowest BCUT2D eigenvalue weighted by atomic mass is 9.79. The molecule has 0 bridgehead atoms. The minimum absolute atomic E-state index is 0.0120. The second-order valence-electron chi connectivity index (χ2n) is 12.5. The molecule has 14 nitrogen and oxygen atoms in total. The zero-order valence-electron chi connectivity index (χ0n) is 27.3. The zero-order valence-corrected chi connectivity index (χ0v) is 27.3. The van der Waals surface area contributed by atoms with Crippen LogP contribution < -0.4 is 10.9 Å². The van der Waals surface area contributed by atoms with Crippen molar-refractivity contribution in [1.29, 1.82) is 0 Å². The Balaban J connectivity index is 0.000000224. The summed E-state index contributed by atoms with van der Waals surface area (Å²) in [7, 11) is -1.96. The van der Waals surface area contributed by atoms with Gasteiger partial charge in [-0.15, -0.1) is 10.1 Å². The normalized spacial score (nSPS) is 18.2. The van der Waals surface area contributed by atoms with Gasteiger partial charge in [-0.05, 0) is 62.6 Å². The molecule has 3 saturated heterocycles. The molecule has 0 aromatic heterocycles. The summed E-state index contributed by atoms with van der Waals surface area (Å²) in [4.78, 5) is 78.5. The summed E-state index contributed by atoms with van der Waals surface area (Å²) in [5, 5.41) is 19.0. The molecular formula is C32H38B2N2O12. The van der Waals surface area contributed by atoms with Gasteiger partial charge in [0.25, 0.3) is 23.6 Å². The number of carbonyl (C=O) groups is 6. The topological polar surface area (TPSA) is 186 Å². The van der Waals surface area contributed by atoms with E-state index in [9.17, 15) is 28.8 Å². The average molecular weight is 664 g/mol. The quantitative estimate of drug-likeness (QED) is 0.264. The van der Waals surface area contributed by atoms with Crippen LogP contribution in [-0.2, 0) is 60.6 Å². The van der Waals surface area contributed by atoms with Crippen molar-refractivity contribution < 1.29 is 57.8 Å². The number of carbonyl (C=O) groups excluding carboxylic acids is 6. The number of imide groups is 2. The Morgan fingerprint density at radius 1 is 0.688 bits per heavy atom. The van der Waals surface area contributed by atoms with Crippen molar-refractivity contribution >= 4 is 60.7 Å². The maximum atomic E-state index is 11.9. The van der Waals surface area contributed by atoms with Crippen LogP contribution in [0.1, 0.15) is 77.3 Å². The summed E-state index contributed by atoms with van der Waals surface area (Å²) in [6, 6.07) is 14.0. The highest BCUT2D eigenvalue weighted by molar-refractivity contribution is 6.62. The fourth-order valence-electron chi connectivity index (χ4n) is 4.78. The van der Waals surface area contributed by atoms with Crippen LogP contribution >= 0.6 is 0 Å². The third kappa shape index (κ3) is 9.16. The third-order valence-corrected chi connectivity index (χ3v) is 8.42. The number of amides is 4. The van der Waals surface area contributed by atoms with Crippen LogP contribution in [0.3, 0.4) is 0 Å². The molecule has 0 unspecified atom stereocenters. The lowest BCUT2D eigenvalue weighted by Crippen LogP contribution is -2.41. The van der Waals surface area contributed by atoms with Crippen LogP contribution in [0, 0.1) is 0 Å². The molecule has 0 aliphatic carbocycles. The van der Waals surface area contributed by atoms with Crippen LogP contribution in [0.25, 0.3) is 0 Å². The van der Waals surface area contributed by atoms with Gasteiger partial charge >= 0.3 is 26.2 Å². The fourth-order valence-corrected chi connectivity index (χ4v) is 4.78. The van der Waals surface area contributed by atoms with Gasteiger partial charge in [-0.1, -0.05) is 48.5 Å². The Labute approximate surface area is 278 Å². The number of hydrogen-bond acceptors (Lipinski definition) is 12. The standard InChI is InChI=1S/C19H24BNO6.C13H14BNO6/c1-18(2)19(3,4)27-20(26-18)14-8-5-13(6-9-14)7-12-17(24)25-21-15(22)10-11-16(21)23;16-11-6-7-12(17)15(11)21-13(18)8-3-9-1-4-10(5-2-9)14(19)20/h5-6,8-9H,7,10-12H2,1-4H3;1-2,4-5,19-20H,3,6-8H2. The summed E-state index contributed by atoms with van der Waals surface area (Å²) >= 11 is 0. The highest BCUT2D eigenvalue weighted by Crippen LogP contribution is 2.36. The van der Waals surface area contributed by atoms with Crippen molar-refractivity contribution in [3.05, 3.63) is 59.7 Å². The minimum atomic E-state index is -1.53. The van der Waals surface area contributed by atoms with Crippen molar-refractivity contribution in [2.45, 2.75) is 90.3 Å². The molecule has 3 heterocycles. The van der Waals surface area contributed by atoms with Crippen molar-refractivity contribution in [2.24, 2.45) is 0 Å². The van der Waals surface area contributed by atoms with Gasteiger partial charge in [0.15, 0.2) is 0 Å². The Morgan fingerprint density at radius 3 is 1.40 bits per heavy atom. The zero-order chi connectivity index (χ0) is 35.2. The molecule has 5 rings (SSSR count). The number of hydrogen-bond donors (Lipinski definition) is 2. The number of rotatable bonds is 10. The second kappa shape index (κ2) is 15.2. The monoisotopic (exact) mass is 664 g/mol. The van der Waals surface area contributed by atoms with E-state index >= 15 is 0 Å². The van der Waals surface area contributed by atoms with E-state index in [1.807, 2.05) is 52.0 Å². The van der Waals surface area contributed by atoms with Gasteiger partial charge in [0.2, 0.25) is 0 Å².